The number of ether oxygens (including phenoxy) is 3. The standard InChI is InChI=1S/C16H23BrO3/c1-12(17)20-16(19-11-10-13-6-5-7-13)14-8-3-4-9-15(14)18-2/h3-4,8-9,12-13,16H,5-7,10-11H2,1-2H3. The number of alkyl halides is 1. The molecule has 2 atom stereocenters. The van der Waals surface area contributed by atoms with Crippen LogP contribution in [0.2, 0.25) is 0 Å². The maximum absolute atomic E-state index is 5.96. The molecule has 20 heavy (non-hydrogen) atoms. The molecule has 1 aromatic carbocycles. The number of para-hydroxylation sites is 1. The van der Waals surface area contributed by atoms with Gasteiger partial charge in [0.25, 0.3) is 0 Å². The fraction of sp³-hybridized carbons (Fsp3) is 0.625. The van der Waals surface area contributed by atoms with Crippen molar-refractivity contribution in [3.8, 4) is 5.75 Å². The van der Waals surface area contributed by atoms with Gasteiger partial charge < -0.3 is 14.2 Å². The van der Waals surface area contributed by atoms with Crippen molar-refractivity contribution in [1.29, 1.82) is 0 Å². The minimum Gasteiger partial charge on any atom is -0.496 e. The monoisotopic (exact) mass is 342 g/mol. The zero-order chi connectivity index (χ0) is 14.4. The third kappa shape index (κ3) is 4.47. The maximum atomic E-state index is 5.96. The molecule has 2 rings (SSSR count). The summed E-state index contributed by atoms with van der Waals surface area (Å²) >= 11 is 3.42. The molecular formula is C16H23BrO3. The normalized spacial score (nSPS) is 18.4. The molecule has 0 radical (unpaired) electrons. The summed E-state index contributed by atoms with van der Waals surface area (Å²) in [6, 6.07) is 7.84. The van der Waals surface area contributed by atoms with Gasteiger partial charge >= 0.3 is 0 Å². The fourth-order valence-electron chi connectivity index (χ4n) is 2.36. The zero-order valence-corrected chi connectivity index (χ0v) is 13.8. The van der Waals surface area contributed by atoms with Crippen LogP contribution in [0.25, 0.3) is 0 Å². The maximum Gasteiger partial charge on any atom is 0.188 e. The van der Waals surface area contributed by atoms with Gasteiger partial charge in [0, 0.05) is 5.56 Å². The van der Waals surface area contributed by atoms with Crippen LogP contribution in [0.4, 0.5) is 0 Å². The lowest BCUT2D eigenvalue weighted by atomic mass is 9.83. The molecule has 1 fully saturated rings. The van der Waals surface area contributed by atoms with Crippen LogP contribution in [-0.2, 0) is 9.47 Å². The van der Waals surface area contributed by atoms with Crippen LogP contribution in [0.3, 0.4) is 0 Å². The van der Waals surface area contributed by atoms with Crippen LogP contribution < -0.4 is 4.74 Å². The first kappa shape index (κ1) is 15.8. The predicted molar refractivity (Wildman–Crippen MR) is 83.1 cm³/mol. The molecule has 4 heteroatoms. The van der Waals surface area contributed by atoms with Crippen molar-refractivity contribution in [2.24, 2.45) is 5.92 Å². The van der Waals surface area contributed by atoms with Crippen molar-refractivity contribution in [2.75, 3.05) is 13.7 Å². The molecule has 0 bridgehead atoms. The third-order valence-electron chi connectivity index (χ3n) is 3.72. The number of rotatable bonds is 8. The average Bonchev–Trinajstić information content (AvgIpc) is 2.39. The molecule has 1 aliphatic rings. The Bertz CT molecular complexity index is 404. The van der Waals surface area contributed by atoms with Gasteiger partial charge in [-0.3, -0.25) is 0 Å². The van der Waals surface area contributed by atoms with E-state index < -0.39 is 0 Å². The highest BCUT2D eigenvalue weighted by atomic mass is 79.9. The topological polar surface area (TPSA) is 27.7 Å². The van der Waals surface area contributed by atoms with E-state index in [9.17, 15) is 0 Å². The third-order valence-corrected chi connectivity index (χ3v) is 3.94. The first-order chi connectivity index (χ1) is 9.70. The number of methoxy groups -OCH3 is 1. The zero-order valence-electron chi connectivity index (χ0n) is 12.2. The molecule has 2 unspecified atom stereocenters. The second-order valence-corrected chi connectivity index (χ2v) is 6.50. The number of benzene rings is 1. The van der Waals surface area contributed by atoms with E-state index in [1.807, 2.05) is 31.2 Å². The predicted octanol–water partition coefficient (Wildman–Crippen LogP) is 4.66. The van der Waals surface area contributed by atoms with Gasteiger partial charge in [-0.1, -0.05) is 53.4 Å². The number of halogens is 1. The Morgan fingerprint density at radius 2 is 2.05 bits per heavy atom. The largest absolute Gasteiger partial charge is 0.496 e. The van der Waals surface area contributed by atoms with Gasteiger partial charge in [0.15, 0.2) is 6.29 Å². The van der Waals surface area contributed by atoms with Gasteiger partial charge in [-0.2, -0.15) is 0 Å². The van der Waals surface area contributed by atoms with E-state index in [0.717, 1.165) is 30.3 Å². The Kier molecular flexibility index (Phi) is 6.33. The lowest BCUT2D eigenvalue weighted by Gasteiger charge is -2.27. The van der Waals surface area contributed by atoms with Crippen LogP contribution in [0.15, 0.2) is 24.3 Å². The number of hydrogen-bond acceptors (Lipinski definition) is 3. The molecule has 3 nitrogen and oxygen atoms in total. The van der Waals surface area contributed by atoms with Crippen molar-refractivity contribution in [3.63, 3.8) is 0 Å². The van der Waals surface area contributed by atoms with Crippen molar-refractivity contribution in [2.45, 2.75) is 43.9 Å². The van der Waals surface area contributed by atoms with Crippen LogP contribution in [0, 0.1) is 5.92 Å². The summed E-state index contributed by atoms with van der Waals surface area (Å²) in [5.74, 6) is 1.64. The van der Waals surface area contributed by atoms with E-state index in [4.69, 9.17) is 14.2 Å². The van der Waals surface area contributed by atoms with E-state index in [-0.39, 0.29) is 11.3 Å². The molecule has 0 amide bonds. The van der Waals surface area contributed by atoms with Crippen LogP contribution in [0.5, 0.6) is 5.75 Å². The van der Waals surface area contributed by atoms with E-state index in [1.165, 1.54) is 19.3 Å². The summed E-state index contributed by atoms with van der Waals surface area (Å²) in [7, 11) is 1.67. The summed E-state index contributed by atoms with van der Waals surface area (Å²) in [5, 5.41) is -0.0684. The Morgan fingerprint density at radius 3 is 2.65 bits per heavy atom. The van der Waals surface area contributed by atoms with Crippen LogP contribution in [0.1, 0.15) is 44.5 Å². The van der Waals surface area contributed by atoms with E-state index in [0.29, 0.717) is 0 Å². The van der Waals surface area contributed by atoms with Gasteiger partial charge in [0.05, 0.1) is 13.7 Å². The highest BCUT2D eigenvalue weighted by Gasteiger charge is 2.21. The van der Waals surface area contributed by atoms with Crippen molar-refractivity contribution in [3.05, 3.63) is 29.8 Å². The van der Waals surface area contributed by atoms with Crippen molar-refractivity contribution < 1.29 is 14.2 Å². The van der Waals surface area contributed by atoms with E-state index >= 15 is 0 Å². The van der Waals surface area contributed by atoms with E-state index in [1.54, 1.807) is 7.11 Å². The molecule has 0 N–H and O–H groups in total. The van der Waals surface area contributed by atoms with E-state index in [2.05, 4.69) is 15.9 Å². The highest BCUT2D eigenvalue weighted by Crippen LogP contribution is 2.33. The molecular weight excluding hydrogens is 320 g/mol. The molecule has 0 aromatic heterocycles. The summed E-state index contributed by atoms with van der Waals surface area (Å²) in [6.07, 6.45) is 4.79. The molecule has 0 spiro atoms. The smallest absolute Gasteiger partial charge is 0.188 e. The first-order valence-corrected chi connectivity index (χ1v) is 8.16. The van der Waals surface area contributed by atoms with Gasteiger partial charge in [0.1, 0.15) is 10.8 Å². The molecule has 0 saturated heterocycles. The molecule has 0 aliphatic heterocycles. The van der Waals surface area contributed by atoms with Gasteiger partial charge in [0.2, 0.25) is 0 Å². The highest BCUT2D eigenvalue weighted by molar-refractivity contribution is 9.09. The summed E-state index contributed by atoms with van der Waals surface area (Å²) in [6.45, 7) is 2.67. The average molecular weight is 343 g/mol. The Labute approximate surface area is 129 Å². The summed E-state index contributed by atoms with van der Waals surface area (Å²) in [4.78, 5) is 0. The Balaban J connectivity index is 1.97. The lowest BCUT2D eigenvalue weighted by molar-refractivity contribution is -0.154. The molecule has 1 aliphatic carbocycles. The number of hydrogen-bond donors (Lipinski definition) is 0. The van der Waals surface area contributed by atoms with Crippen LogP contribution in [-0.4, -0.2) is 18.7 Å². The molecule has 1 aromatic rings. The minimum atomic E-state index is -0.388. The van der Waals surface area contributed by atoms with Crippen LogP contribution >= 0.6 is 15.9 Å². The van der Waals surface area contributed by atoms with Crippen molar-refractivity contribution in [1.82, 2.24) is 0 Å². The van der Waals surface area contributed by atoms with Gasteiger partial charge in [-0.25, -0.2) is 0 Å². The lowest BCUT2D eigenvalue weighted by Crippen LogP contribution is -2.18. The van der Waals surface area contributed by atoms with Gasteiger partial charge in [-0.15, -0.1) is 0 Å². The minimum absolute atomic E-state index is 0.0684. The second kappa shape index (κ2) is 8.01. The Morgan fingerprint density at radius 1 is 1.30 bits per heavy atom. The SMILES string of the molecule is COc1ccccc1C(OCCC1CCC1)OC(C)Br. The summed E-state index contributed by atoms with van der Waals surface area (Å²) < 4.78 is 17.2. The summed E-state index contributed by atoms with van der Waals surface area (Å²) in [5.41, 5.74) is 0.940. The Hall–Kier alpha value is -0.580. The second-order valence-electron chi connectivity index (χ2n) is 5.21. The quantitative estimate of drug-likeness (QED) is 0.508. The fourth-order valence-corrected chi connectivity index (χ4v) is 2.55. The van der Waals surface area contributed by atoms with Crippen molar-refractivity contribution >= 4 is 15.9 Å². The first-order valence-electron chi connectivity index (χ1n) is 7.24. The molecule has 112 valence electrons. The molecule has 0 heterocycles. The molecule has 1 saturated carbocycles. The van der Waals surface area contributed by atoms with Gasteiger partial charge in [-0.05, 0) is 25.3 Å².